The van der Waals surface area contributed by atoms with Gasteiger partial charge in [0.25, 0.3) is 0 Å². The second-order valence-corrected chi connectivity index (χ2v) is 4.77. The van der Waals surface area contributed by atoms with Crippen LogP contribution in [-0.4, -0.2) is 19.2 Å². The molecule has 114 valence electrons. The van der Waals surface area contributed by atoms with Crippen molar-refractivity contribution in [2.24, 2.45) is 0 Å². The highest BCUT2D eigenvalue weighted by molar-refractivity contribution is 5.68. The lowest BCUT2D eigenvalue weighted by atomic mass is 10.1. The van der Waals surface area contributed by atoms with Crippen LogP contribution in [0, 0.1) is 11.3 Å². The first-order chi connectivity index (χ1) is 11.2. The zero-order valence-electron chi connectivity index (χ0n) is 12.7. The van der Waals surface area contributed by atoms with Gasteiger partial charge in [-0.15, -0.1) is 0 Å². The predicted molar refractivity (Wildman–Crippen MR) is 85.2 cm³/mol. The molecule has 0 atom stereocenters. The van der Waals surface area contributed by atoms with Gasteiger partial charge in [-0.05, 0) is 48.5 Å². The van der Waals surface area contributed by atoms with Crippen LogP contribution in [0.2, 0.25) is 0 Å². The van der Waals surface area contributed by atoms with Crippen LogP contribution in [0.15, 0.2) is 52.9 Å². The maximum Gasteiger partial charge on any atom is 0.232 e. The van der Waals surface area contributed by atoms with Gasteiger partial charge in [0.15, 0.2) is 0 Å². The number of ether oxygens (including phenoxy) is 2. The first kappa shape index (κ1) is 14.7. The molecule has 0 aliphatic rings. The number of hydrogen-bond acceptors (Lipinski definition) is 5. The van der Waals surface area contributed by atoms with Crippen LogP contribution < -0.4 is 9.47 Å². The molecule has 0 saturated carbocycles. The molecule has 0 spiro atoms. The van der Waals surface area contributed by atoms with Crippen LogP contribution >= 0.6 is 0 Å². The van der Waals surface area contributed by atoms with Crippen molar-refractivity contribution in [2.75, 3.05) is 14.2 Å². The third-order valence-corrected chi connectivity index (χ3v) is 3.43. The Kier molecular flexibility index (Phi) is 3.98. The molecule has 0 saturated heterocycles. The first-order valence-electron chi connectivity index (χ1n) is 6.95. The molecule has 0 radical (unpaired) electrons. The smallest absolute Gasteiger partial charge is 0.232 e. The summed E-state index contributed by atoms with van der Waals surface area (Å²) in [5, 5.41) is 9.29. The third-order valence-electron chi connectivity index (χ3n) is 3.43. The molecule has 2 aromatic carbocycles. The van der Waals surface area contributed by atoms with Gasteiger partial charge >= 0.3 is 0 Å². The summed E-state index contributed by atoms with van der Waals surface area (Å²) in [4.78, 5) is 4.46. The van der Waals surface area contributed by atoms with E-state index in [9.17, 15) is 5.26 Å². The molecule has 3 rings (SSSR count). The van der Waals surface area contributed by atoms with E-state index in [4.69, 9.17) is 13.9 Å². The molecule has 0 amide bonds. The van der Waals surface area contributed by atoms with Crippen molar-refractivity contribution < 1.29 is 13.9 Å². The lowest BCUT2D eigenvalue weighted by Crippen LogP contribution is -1.85. The number of hydrogen-bond donors (Lipinski definition) is 0. The van der Waals surface area contributed by atoms with Gasteiger partial charge in [0.1, 0.15) is 23.3 Å². The first-order valence-corrected chi connectivity index (χ1v) is 6.95. The Balaban J connectivity index is 2.01. The van der Waals surface area contributed by atoms with E-state index in [0.717, 1.165) is 22.6 Å². The molecule has 0 N–H and O–H groups in total. The van der Waals surface area contributed by atoms with E-state index in [1.54, 1.807) is 14.2 Å². The summed E-state index contributed by atoms with van der Waals surface area (Å²) < 4.78 is 15.9. The van der Waals surface area contributed by atoms with Gasteiger partial charge < -0.3 is 13.9 Å². The summed E-state index contributed by atoms with van der Waals surface area (Å²) in [6.45, 7) is 0. The van der Waals surface area contributed by atoms with Crippen molar-refractivity contribution in [1.82, 2.24) is 4.98 Å². The van der Waals surface area contributed by atoms with Crippen molar-refractivity contribution in [1.29, 1.82) is 5.26 Å². The van der Waals surface area contributed by atoms with Gasteiger partial charge in [-0.1, -0.05) is 0 Å². The zero-order chi connectivity index (χ0) is 16.2. The average Bonchev–Trinajstić information content (AvgIpc) is 3.06. The van der Waals surface area contributed by atoms with Crippen molar-refractivity contribution in [3.8, 4) is 40.3 Å². The van der Waals surface area contributed by atoms with E-state index < -0.39 is 0 Å². The van der Waals surface area contributed by atoms with E-state index in [1.165, 1.54) is 0 Å². The van der Waals surface area contributed by atoms with Crippen LogP contribution in [0.5, 0.6) is 11.5 Å². The number of nitriles is 1. The maximum atomic E-state index is 9.29. The molecule has 0 bridgehead atoms. The monoisotopic (exact) mass is 306 g/mol. The topological polar surface area (TPSA) is 68.3 Å². The Bertz CT molecular complexity index is 843. The highest BCUT2D eigenvalue weighted by Gasteiger charge is 2.16. The highest BCUT2D eigenvalue weighted by Crippen LogP contribution is 2.30. The van der Waals surface area contributed by atoms with Gasteiger partial charge in [-0.3, -0.25) is 0 Å². The Morgan fingerprint density at radius 1 is 0.870 bits per heavy atom. The number of nitrogens with zero attached hydrogens (tertiary/aromatic N) is 2. The Morgan fingerprint density at radius 2 is 1.39 bits per heavy atom. The Labute approximate surface area is 133 Å². The fourth-order valence-corrected chi connectivity index (χ4v) is 2.20. The zero-order valence-corrected chi connectivity index (χ0v) is 12.7. The van der Waals surface area contributed by atoms with E-state index in [2.05, 4.69) is 11.1 Å². The number of rotatable bonds is 4. The second kappa shape index (κ2) is 6.24. The number of benzene rings is 2. The van der Waals surface area contributed by atoms with Crippen molar-refractivity contribution >= 4 is 0 Å². The molecule has 0 aliphatic heterocycles. The summed E-state index contributed by atoms with van der Waals surface area (Å²) in [7, 11) is 3.21. The summed E-state index contributed by atoms with van der Waals surface area (Å²) in [5.74, 6) is 2.07. The Hall–Kier alpha value is -3.26. The number of aromatic nitrogens is 1. The van der Waals surface area contributed by atoms with Crippen LogP contribution in [0.25, 0.3) is 22.7 Å². The quantitative estimate of drug-likeness (QED) is 0.731. The molecule has 5 heteroatoms. The second-order valence-electron chi connectivity index (χ2n) is 4.77. The van der Waals surface area contributed by atoms with Gasteiger partial charge in [0.05, 0.1) is 14.2 Å². The third kappa shape index (κ3) is 2.87. The summed E-state index contributed by atoms with van der Waals surface area (Å²) in [5.41, 5.74) is 2.09. The molecule has 1 heterocycles. The summed E-state index contributed by atoms with van der Waals surface area (Å²) in [6.07, 6.45) is 0. The molecular formula is C18H14N2O3. The maximum absolute atomic E-state index is 9.29. The van der Waals surface area contributed by atoms with E-state index >= 15 is 0 Å². The molecule has 3 aromatic rings. The van der Waals surface area contributed by atoms with Crippen LogP contribution in [-0.2, 0) is 0 Å². The number of oxazole rings is 1. The fraction of sp³-hybridized carbons (Fsp3) is 0.111. The molecule has 1 aromatic heterocycles. The minimum atomic E-state index is 0.181. The molecule has 23 heavy (non-hydrogen) atoms. The molecule has 0 unspecified atom stereocenters. The summed E-state index contributed by atoms with van der Waals surface area (Å²) in [6, 6.07) is 16.7. The minimum Gasteiger partial charge on any atom is -0.497 e. The lowest BCUT2D eigenvalue weighted by Gasteiger charge is -2.00. The minimum absolute atomic E-state index is 0.181. The van der Waals surface area contributed by atoms with E-state index in [-0.39, 0.29) is 5.76 Å². The van der Waals surface area contributed by atoms with Crippen LogP contribution in [0.3, 0.4) is 0 Å². The fourth-order valence-electron chi connectivity index (χ4n) is 2.20. The SMILES string of the molecule is COc1ccc(-c2nc(-c3ccc(OC)cc3)c(C#N)o2)cc1. The van der Waals surface area contributed by atoms with Gasteiger partial charge in [0.2, 0.25) is 11.7 Å². The van der Waals surface area contributed by atoms with Crippen molar-refractivity contribution in [3.05, 3.63) is 54.3 Å². The predicted octanol–water partition coefficient (Wildman–Crippen LogP) is 3.90. The standard InChI is InChI=1S/C18H14N2O3/c1-21-14-7-3-12(4-8-14)17-16(11-19)23-18(20-17)13-5-9-15(22-2)10-6-13/h3-10H,1-2H3. The highest BCUT2D eigenvalue weighted by atomic mass is 16.5. The Morgan fingerprint density at radius 3 is 1.87 bits per heavy atom. The average molecular weight is 306 g/mol. The van der Waals surface area contributed by atoms with Gasteiger partial charge in [0, 0.05) is 11.1 Å². The lowest BCUT2D eigenvalue weighted by molar-refractivity contribution is 0.414. The van der Waals surface area contributed by atoms with E-state index in [0.29, 0.717) is 11.6 Å². The van der Waals surface area contributed by atoms with Crippen molar-refractivity contribution in [2.45, 2.75) is 0 Å². The summed E-state index contributed by atoms with van der Waals surface area (Å²) >= 11 is 0. The number of methoxy groups -OCH3 is 2. The van der Waals surface area contributed by atoms with Gasteiger partial charge in [-0.25, -0.2) is 4.98 Å². The molecule has 5 nitrogen and oxygen atoms in total. The largest absolute Gasteiger partial charge is 0.497 e. The van der Waals surface area contributed by atoms with Gasteiger partial charge in [-0.2, -0.15) is 5.26 Å². The molecule has 0 aliphatic carbocycles. The molecule has 0 fully saturated rings. The van der Waals surface area contributed by atoms with Crippen LogP contribution in [0.1, 0.15) is 5.76 Å². The molecular weight excluding hydrogens is 292 g/mol. The normalized spacial score (nSPS) is 10.1. The van der Waals surface area contributed by atoms with Crippen LogP contribution in [0.4, 0.5) is 0 Å². The van der Waals surface area contributed by atoms with E-state index in [1.807, 2.05) is 48.5 Å². The van der Waals surface area contributed by atoms with Crippen molar-refractivity contribution in [3.63, 3.8) is 0 Å².